The van der Waals surface area contributed by atoms with Crippen LogP contribution >= 0.6 is 0 Å². The van der Waals surface area contributed by atoms with E-state index in [1.165, 1.54) is 13.0 Å². The Hall–Kier alpha value is -2.49. The van der Waals surface area contributed by atoms with Gasteiger partial charge >= 0.3 is 5.97 Å². The van der Waals surface area contributed by atoms with Crippen molar-refractivity contribution in [1.82, 2.24) is 4.98 Å². The second-order valence-electron chi connectivity index (χ2n) is 3.81. The smallest absolute Gasteiger partial charge is 0.354 e. The molecule has 90 valence electrons. The summed E-state index contributed by atoms with van der Waals surface area (Å²) in [4.78, 5) is 26.4. The van der Waals surface area contributed by atoms with Crippen LogP contribution in [0.15, 0.2) is 42.5 Å². The fourth-order valence-electron chi connectivity index (χ4n) is 1.72. The van der Waals surface area contributed by atoms with Crippen molar-refractivity contribution < 1.29 is 14.7 Å². The molecule has 0 spiro atoms. The minimum Gasteiger partial charge on any atom is -0.477 e. The van der Waals surface area contributed by atoms with Gasteiger partial charge in [-0.15, -0.1) is 0 Å². The molecule has 0 bridgehead atoms. The third kappa shape index (κ3) is 2.27. The summed E-state index contributed by atoms with van der Waals surface area (Å²) in [6, 6.07) is 11.7. The van der Waals surface area contributed by atoms with E-state index in [9.17, 15) is 9.59 Å². The highest BCUT2D eigenvalue weighted by atomic mass is 16.4. The van der Waals surface area contributed by atoms with Crippen LogP contribution in [0, 0.1) is 0 Å². The van der Waals surface area contributed by atoms with Crippen molar-refractivity contribution in [2.45, 2.75) is 6.92 Å². The maximum atomic E-state index is 11.5. The number of nitrogens with zero attached hydrogens (tertiary/aromatic N) is 1. The summed E-state index contributed by atoms with van der Waals surface area (Å²) < 4.78 is 0. The SMILES string of the molecule is CC(=O)c1ccccc1-c1cccc(C(=O)O)n1. The number of aromatic nitrogens is 1. The monoisotopic (exact) mass is 241 g/mol. The average molecular weight is 241 g/mol. The number of hydrogen-bond acceptors (Lipinski definition) is 3. The summed E-state index contributed by atoms with van der Waals surface area (Å²) in [5, 5.41) is 8.91. The van der Waals surface area contributed by atoms with Crippen molar-refractivity contribution in [1.29, 1.82) is 0 Å². The Morgan fingerprint density at radius 1 is 1.06 bits per heavy atom. The van der Waals surface area contributed by atoms with Gasteiger partial charge in [0.15, 0.2) is 5.78 Å². The Kier molecular flexibility index (Phi) is 3.19. The molecule has 4 heteroatoms. The van der Waals surface area contributed by atoms with E-state index in [4.69, 9.17) is 5.11 Å². The molecular weight excluding hydrogens is 230 g/mol. The maximum Gasteiger partial charge on any atom is 0.354 e. The standard InChI is InChI=1S/C14H11NO3/c1-9(16)10-5-2-3-6-11(10)12-7-4-8-13(15-12)14(17)18/h2-8H,1H3,(H,17,18). The summed E-state index contributed by atoms with van der Waals surface area (Å²) in [6.07, 6.45) is 0. The molecule has 4 nitrogen and oxygen atoms in total. The molecule has 1 aromatic heterocycles. The first-order chi connectivity index (χ1) is 8.59. The zero-order valence-electron chi connectivity index (χ0n) is 9.75. The van der Waals surface area contributed by atoms with Gasteiger partial charge in [-0.3, -0.25) is 4.79 Å². The highest BCUT2D eigenvalue weighted by Gasteiger charge is 2.11. The predicted molar refractivity (Wildman–Crippen MR) is 66.6 cm³/mol. The van der Waals surface area contributed by atoms with E-state index in [1.54, 1.807) is 36.4 Å². The normalized spacial score (nSPS) is 10.1. The van der Waals surface area contributed by atoms with Crippen LogP contribution in [-0.2, 0) is 0 Å². The lowest BCUT2D eigenvalue weighted by molar-refractivity contribution is 0.0690. The topological polar surface area (TPSA) is 67.3 Å². The van der Waals surface area contributed by atoms with E-state index in [0.717, 1.165) is 0 Å². The van der Waals surface area contributed by atoms with Gasteiger partial charge in [-0.1, -0.05) is 30.3 Å². The molecule has 0 aliphatic rings. The van der Waals surface area contributed by atoms with E-state index in [1.807, 2.05) is 0 Å². The summed E-state index contributed by atoms with van der Waals surface area (Å²) in [5.41, 5.74) is 1.63. The van der Waals surface area contributed by atoms with Crippen LogP contribution in [0.25, 0.3) is 11.3 Å². The van der Waals surface area contributed by atoms with E-state index >= 15 is 0 Å². The third-order valence-electron chi connectivity index (χ3n) is 2.55. The van der Waals surface area contributed by atoms with Gasteiger partial charge in [-0.25, -0.2) is 9.78 Å². The molecule has 0 unspecified atom stereocenters. The Morgan fingerprint density at radius 3 is 2.44 bits per heavy atom. The fourth-order valence-corrected chi connectivity index (χ4v) is 1.72. The van der Waals surface area contributed by atoms with Crippen LogP contribution in [0.3, 0.4) is 0 Å². The number of pyridine rings is 1. The zero-order chi connectivity index (χ0) is 13.1. The number of aromatic carboxylic acids is 1. The molecule has 2 rings (SSSR count). The number of carboxylic acids is 1. The number of hydrogen-bond donors (Lipinski definition) is 1. The van der Waals surface area contributed by atoms with Crippen molar-refractivity contribution in [3.05, 3.63) is 53.7 Å². The van der Waals surface area contributed by atoms with Gasteiger partial charge < -0.3 is 5.11 Å². The number of ketones is 1. The van der Waals surface area contributed by atoms with Crippen molar-refractivity contribution in [3.63, 3.8) is 0 Å². The lowest BCUT2D eigenvalue weighted by Gasteiger charge is -2.06. The Morgan fingerprint density at radius 2 is 1.78 bits per heavy atom. The lowest BCUT2D eigenvalue weighted by Crippen LogP contribution is -2.02. The number of Topliss-reactive ketones (excluding diaryl/α,β-unsaturated/α-hetero) is 1. The maximum absolute atomic E-state index is 11.5. The molecule has 1 aromatic carbocycles. The largest absolute Gasteiger partial charge is 0.477 e. The van der Waals surface area contributed by atoms with Crippen LogP contribution in [0.4, 0.5) is 0 Å². The molecule has 0 saturated carbocycles. The highest BCUT2D eigenvalue weighted by molar-refractivity contribution is 6.00. The van der Waals surface area contributed by atoms with E-state index in [0.29, 0.717) is 16.8 Å². The van der Waals surface area contributed by atoms with Crippen LogP contribution < -0.4 is 0 Å². The highest BCUT2D eigenvalue weighted by Crippen LogP contribution is 2.22. The van der Waals surface area contributed by atoms with E-state index < -0.39 is 5.97 Å². The molecule has 1 heterocycles. The Balaban J connectivity index is 2.58. The number of carbonyl (C=O) groups excluding carboxylic acids is 1. The van der Waals surface area contributed by atoms with Crippen LogP contribution in [0.1, 0.15) is 27.8 Å². The predicted octanol–water partition coefficient (Wildman–Crippen LogP) is 2.65. The van der Waals surface area contributed by atoms with Gasteiger partial charge in [0.05, 0.1) is 5.69 Å². The Bertz CT molecular complexity index is 620. The van der Waals surface area contributed by atoms with E-state index in [2.05, 4.69) is 4.98 Å². The van der Waals surface area contributed by atoms with E-state index in [-0.39, 0.29) is 11.5 Å². The molecule has 18 heavy (non-hydrogen) atoms. The second kappa shape index (κ2) is 4.79. The average Bonchev–Trinajstić information content (AvgIpc) is 2.39. The molecule has 0 atom stereocenters. The minimum absolute atomic E-state index is 0.0362. The number of rotatable bonds is 3. The van der Waals surface area contributed by atoms with Crippen molar-refractivity contribution >= 4 is 11.8 Å². The number of benzene rings is 1. The van der Waals surface area contributed by atoms with Gasteiger partial charge in [-0.05, 0) is 19.1 Å². The lowest BCUT2D eigenvalue weighted by atomic mass is 10.0. The number of carbonyl (C=O) groups is 2. The molecule has 0 amide bonds. The van der Waals surface area contributed by atoms with Gasteiger partial charge in [0.1, 0.15) is 5.69 Å². The summed E-state index contributed by atoms with van der Waals surface area (Å²) in [5.74, 6) is -1.16. The van der Waals surface area contributed by atoms with Crippen molar-refractivity contribution in [2.24, 2.45) is 0 Å². The second-order valence-corrected chi connectivity index (χ2v) is 3.81. The molecule has 0 radical (unpaired) electrons. The first-order valence-electron chi connectivity index (χ1n) is 5.40. The Labute approximate surface area is 104 Å². The molecule has 1 N–H and O–H groups in total. The minimum atomic E-state index is -1.09. The van der Waals surface area contributed by atoms with Crippen LogP contribution in [-0.4, -0.2) is 21.8 Å². The first kappa shape index (κ1) is 12.0. The van der Waals surface area contributed by atoms with Gasteiger partial charge in [-0.2, -0.15) is 0 Å². The molecule has 0 aliphatic heterocycles. The molecule has 0 aliphatic carbocycles. The fraction of sp³-hybridized carbons (Fsp3) is 0.0714. The molecular formula is C14H11NO3. The summed E-state index contributed by atoms with van der Waals surface area (Å²) in [6.45, 7) is 1.47. The number of carboxylic acid groups (broad SMARTS) is 1. The van der Waals surface area contributed by atoms with Crippen LogP contribution in [0.2, 0.25) is 0 Å². The van der Waals surface area contributed by atoms with Crippen molar-refractivity contribution in [2.75, 3.05) is 0 Å². The summed E-state index contributed by atoms with van der Waals surface area (Å²) in [7, 11) is 0. The van der Waals surface area contributed by atoms with Gasteiger partial charge in [0.2, 0.25) is 0 Å². The van der Waals surface area contributed by atoms with Crippen LogP contribution in [0.5, 0.6) is 0 Å². The molecule has 0 saturated heterocycles. The quantitative estimate of drug-likeness (QED) is 0.839. The zero-order valence-corrected chi connectivity index (χ0v) is 9.75. The molecule has 2 aromatic rings. The van der Waals surface area contributed by atoms with Crippen molar-refractivity contribution in [3.8, 4) is 11.3 Å². The van der Waals surface area contributed by atoms with Gasteiger partial charge in [0.25, 0.3) is 0 Å². The van der Waals surface area contributed by atoms with Gasteiger partial charge in [0, 0.05) is 11.1 Å². The summed E-state index contributed by atoms with van der Waals surface area (Å²) >= 11 is 0. The molecule has 0 fully saturated rings. The first-order valence-corrected chi connectivity index (χ1v) is 5.40. The third-order valence-corrected chi connectivity index (χ3v) is 2.55.